The molecule has 1 saturated heterocycles. The minimum atomic E-state index is -1.18. The van der Waals surface area contributed by atoms with Crippen LogP contribution in [0.4, 0.5) is 0 Å². The summed E-state index contributed by atoms with van der Waals surface area (Å²) in [6.07, 6.45) is 7.81. The monoisotopic (exact) mass is 422 g/mol. The molecule has 148 valence electrons. The zero-order valence-electron chi connectivity index (χ0n) is 15.1. The maximum atomic E-state index is 12.5. The number of hydrogen-bond donors (Lipinski definition) is 3. The second-order valence-electron chi connectivity index (χ2n) is 6.38. The Kier molecular flexibility index (Phi) is 5.99. The molecule has 3 N–H and O–H groups in total. The van der Waals surface area contributed by atoms with Crippen LogP contribution in [0.3, 0.4) is 0 Å². The van der Waals surface area contributed by atoms with Crippen LogP contribution in [0.15, 0.2) is 47.1 Å². The molecule has 28 heavy (non-hydrogen) atoms. The Bertz CT molecular complexity index is 835. The first-order valence-corrected chi connectivity index (χ1v) is 11.2. The van der Waals surface area contributed by atoms with Gasteiger partial charge >= 0.3 is 5.97 Å². The van der Waals surface area contributed by atoms with Gasteiger partial charge in [0.1, 0.15) is 28.8 Å². The Hall–Kier alpha value is -2.46. The molecule has 0 spiro atoms. The van der Waals surface area contributed by atoms with Crippen molar-refractivity contribution >= 4 is 46.9 Å². The van der Waals surface area contributed by atoms with Gasteiger partial charge < -0.3 is 15.7 Å². The average Bonchev–Trinajstić information content (AvgIpc) is 2.66. The number of fused-ring (bicyclic) bond motifs is 1. The quantitative estimate of drug-likeness (QED) is 0.304. The van der Waals surface area contributed by atoms with Gasteiger partial charge in [-0.2, -0.15) is 0 Å². The number of carbonyl (C=O) groups excluding carboxylic acids is 3. The highest BCUT2D eigenvalue weighted by molar-refractivity contribution is 8.00. The molecule has 0 saturated carbocycles. The molecule has 0 radical (unpaired) electrons. The Morgan fingerprint density at radius 2 is 2.25 bits per heavy atom. The molecule has 0 aromatic rings. The van der Waals surface area contributed by atoms with E-state index < -0.39 is 23.3 Å². The van der Waals surface area contributed by atoms with Crippen LogP contribution in [0.1, 0.15) is 6.42 Å². The van der Waals surface area contributed by atoms with E-state index in [1.165, 1.54) is 22.7 Å². The van der Waals surface area contributed by atoms with Crippen molar-refractivity contribution in [3.8, 4) is 0 Å². The Morgan fingerprint density at radius 3 is 2.86 bits per heavy atom. The van der Waals surface area contributed by atoms with Gasteiger partial charge in [0.15, 0.2) is 0 Å². The van der Waals surface area contributed by atoms with Crippen LogP contribution in [0.25, 0.3) is 0 Å². The number of carboxylic acid groups (broad SMARTS) is 1. The van der Waals surface area contributed by atoms with E-state index in [9.17, 15) is 24.3 Å². The van der Waals surface area contributed by atoms with E-state index in [-0.39, 0.29) is 34.3 Å². The van der Waals surface area contributed by atoms with Gasteiger partial charge in [0.05, 0.1) is 6.42 Å². The molecule has 3 aliphatic rings. The van der Waals surface area contributed by atoms with Crippen molar-refractivity contribution in [1.82, 2.24) is 15.5 Å². The van der Waals surface area contributed by atoms with E-state index in [0.29, 0.717) is 17.7 Å². The number of rotatable bonds is 7. The largest absolute Gasteiger partial charge is 0.477 e. The van der Waals surface area contributed by atoms with Crippen LogP contribution >= 0.6 is 11.8 Å². The highest BCUT2D eigenvalue weighted by atomic mass is 32.2. The molecule has 3 amide bonds. The van der Waals surface area contributed by atoms with Crippen molar-refractivity contribution in [2.75, 3.05) is 12.0 Å². The summed E-state index contributed by atoms with van der Waals surface area (Å²) >= 11 is 1.40. The fourth-order valence-electron chi connectivity index (χ4n) is 3.23. The molecule has 3 rings (SSSR count). The van der Waals surface area contributed by atoms with Crippen LogP contribution in [0.2, 0.25) is 0 Å². The van der Waals surface area contributed by atoms with E-state index >= 15 is 0 Å². The summed E-state index contributed by atoms with van der Waals surface area (Å²) in [6, 6.07) is -0.740. The summed E-state index contributed by atoms with van der Waals surface area (Å²) in [6.45, 7) is 3.60. The predicted molar refractivity (Wildman–Crippen MR) is 108 cm³/mol. The first kappa shape index (κ1) is 20.3. The van der Waals surface area contributed by atoms with Crippen LogP contribution in [-0.2, 0) is 30.1 Å². The molecule has 4 atom stereocenters. The molecule has 3 unspecified atom stereocenters. The average molecular weight is 423 g/mol. The third-order valence-corrected chi connectivity index (χ3v) is 7.65. The Morgan fingerprint density at radius 1 is 1.50 bits per heavy atom. The minimum Gasteiger partial charge on any atom is -0.477 e. The Labute approximate surface area is 169 Å². The van der Waals surface area contributed by atoms with Gasteiger partial charge in [0, 0.05) is 22.2 Å². The predicted octanol–water partition coefficient (Wildman–Crippen LogP) is 0.0750. The molecule has 10 heteroatoms. The molecule has 3 aliphatic heterocycles. The van der Waals surface area contributed by atoms with E-state index in [1.54, 1.807) is 6.08 Å². The number of amides is 3. The molecule has 0 bridgehead atoms. The number of thioether (sulfide) groups is 1. The number of nitrogens with zero attached hydrogens (tertiary/aromatic N) is 1. The summed E-state index contributed by atoms with van der Waals surface area (Å²) < 4.78 is 0. The van der Waals surface area contributed by atoms with Gasteiger partial charge in [-0.05, 0) is 11.6 Å². The highest BCUT2D eigenvalue weighted by Crippen LogP contribution is 2.40. The smallest absolute Gasteiger partial charge is 0.352 e. The van der Waals surface area contributed by atoms with E-state index in [0.717, 1.165) is 5.57 Å². The Balaban J connectivity index is 1.62. The van der Waals surface area contributed by atoms with E-state index in [2.05, 4.69) is 17.2 Å². The number of nitrogens with one attached hydrogen (secondary N) is 2. The first-order chi connectivity index (χ1) is 13.4. The number of aliphatic carboxylic acids is 1. The third-order valence-electron chi connectivity index (χ3n) is 4.58. The highest BCUT2D eigenvalue weighted by Gasteiger charge is 2.53. The van der Waals surface area contributed by atoms with E-state index in [4.69, 9.17) is 0 Å². The number of hydrogen-bond acceptors (Lipinski definition) is 5. The van der Waals surface area contributed by atoms with Crippen LogP contribution in [-0.4, -0.2) is 63.0 Å². The van der Waals surface area contributed by atoms with Crippen molar-refractivity contribution in [1.29, 1.82) is 0 Å². The fraction of sp³-hybridized carbons (Fsp3) is 0.333. The number of carbonyl (C=O) groups is 4. The molecular weight excluding hydrogens is 402 g/mol. The normalized spacial score (nSPS) is 28.7. The zero-order chi connectivity index (χ0) is 20.4. The summed E-state index contributed by atoms with van der Waals surface area (Å²) in [7, 11) is -0.235. The van der Waals surface area contributed by atoms with Crippen LogP contribution in [0.5, 0.6) is 0 Å². The van der Waals surface area contributed by atoms with Crippen LogP contribution in [0, 0.1) is 0 Å². The molecule has 3 heterocycles. The second-order valence-corrected chi connectivity index (χ2v) is 9.44. The van der Waals surface area contributed by atoms with Gasteiger partial charge in [0.2, 0.25) is 17.7 Å². The molecule has 0 aromatic carbocycles. The van der Waals surface area contributed by atoms with Crippen LogP contribution < -0.4 is 10.6 Å². The SMILES string of the molecule is C=CC1=C(C(=O)O)N2C(=O)C(NC(=O)CC3=C[S+](C)C(NC=O)C=C3)[C@H]2SC1. The van der Waals surface area contributed by atoms with Gasteiger partial charge in [0.25, 0.3) is 5.91 Å². The number of allylic oxidation sites excluding steroid dienone is 2. The van der Waals surface area contributed by atoms with Gasteiger partial charge in [-0.15, -0.1) is 11.8 Å². The lowest BCUT2D eigenvalue weighted by atomic mass is 10.0. The second kappa shape index (κ2) is 8.27. The first-order valence-electron chi connectivity index (χ1n) is 8.42. The molecule has 1 fully saturated rings. The maximum Gasteiger partial charge on any atom is 0.352 e. The summed E-state index contributed by atoms with van der Waals surface area (Å²) in [5, 5.41) is 16.3. The topological polar surface area (TPSA) is 116 Å². The van der Waals surface area contributed by atoms with E-state index in [1.807, 2.05) is 17.7 Å². The number of β-lactam (4-membered cyclic amide) rings is 1. The summed E-state index contributed by atoms with van der Waals surface area (Å²) in [5.74, 6) is -1.49. The summed E-state index contributed by atoms with van der Waals surface area (Å²) in [4.78, 5) is 48.2. The standard InChI is InChI=1S/C18H19N3O5S2/c1-3-11-7-27-17-14(16(24)21(17)15(11)18(25)26)20-12(23)6-10-4-5-13(19-9-22)28(2)8-10/h3-5,8-9,13-14,17H,1,6-7H2,2H3,(H2-,19,20,22,23,25,26)/p+1/t13?,14?,17-,28?/m1/s1. The van der Waals surface area contributed by atoms with Crippen molar-refractivity contribution in [3.63, 3.8) is 0 Å². The lowest BCUT2D eigenvalue weighted by Gasteiger charge is -2.49. The molecule has 0 aliphatic carbocycles. The number of carboxylic acids is 1. The van der Waals surface area contributed by atoms with Crippen molar-refractivity contribution in [3.05, 3.63) is 47.1 Å². The molecular formula is C18H20N3O5S2+. The van der Waals surface area contributed by atoms with Crippen molar-refractivity contribution in [2.24, 2.45) is 0 Å². The van der Waals surface area contributed by atoms with Crippen molar-refractivity contribution in [2.45, 2.75) is 23.2 Å². The van der Waals surface area contributed by atoms with Gasteiger partial charge in [-0.3, -0.25) is 19.3 Å². The molecule has 8 nitrogen and oxygen atoms in total. The molecule has 0 aromatic heterocycles. The zero-order valence-corrected chi connectivity index (χ0v) is 16.7. The summed E-state index contributed by atoms with van der Waals surface area (Å²) in [5.41, 5.74) is 1.25. The third kappa shape index (κ3) is 3.74. The fourth-order valence-corrected chi connectivity index (χ4v) is 5.95. The van der Waals surface area contributed by atoms with Gasteiger partial charge in [-0.1, -0.05) is 18.7 Å². The minimum absolute atomic E-state index is 0.0593. The maximum absolute atomic E-state index is 12.5. The van der Waals surface area contributed by atoms with Crippen molar-refractivity contribution < 1.29 is 24.3 Å². The lowest BCUT2D eigenvalue weighted by Crippen LogP contribution is -2.70. The van der Waals surface area contributed by atoms with Gasteiger partial charge in [-0.25, -0.2) is 4.79 Å². The lowest BCUT2D eigenvalue weighted by molar-refractivity contribution is -0.150.